The predicted octanol–water partition coefficient (Wildman–Crippen LogP) is 0.284. The summed E-state index contributed by atoms with van der Waals surface area (Å²) in [7, 11) is -4.72. The van der Waals surface area contributed by atoms with Crippen molar-refractivity contribution in [2.45, 2.75) is 31.1 Å². The molecular weight excluding hydrogens is 513 g/mol. The minimum absolute atomic E-state index is 0.0147. The zero-order valence-corrected chi connectivity index (χ0v) is 18.7. The van der Waals surface area contributed by atoms with Crippen LogP contribution in [0.4, 0.5) is 5.82 Å². The summed E-state index contributed by atoms with van der Waals surface area (Å²) in [5.41, 5.74) is 1.35. The maximum Gasteiger partial charge on any atom is 0.524 e. The van der Waals surface area contributed by atoms with Crippen LogP contribution in [0.2, 0.25) is 0 Å². The van der Waals surface area contributed by atoms with Crippen LogP contribution in [-0.4, -0.2) is 69.5 Å². The molecule has 6 N–H and O–H groups in total. The fraction of sp³-hybridized carbons (Fsp3) is 0.353. The molecule has 0 unspecified atom stereocenters. The van der Waals surface area contributed by atoms with Crippen LogP contribution in [0, 0.1) is 0 Å². The number of phosphoric ester groups is 1. The highest BCUT2D eigenvalue weighted by Gasteiger charge is 2.44. The molecule has 172 valence electrons. The van der Waals surface area contributed by atoms with E-state index in [1.165, 1.54) is 23.3 Å². The molecule has 1 aliphatic heterocycles. The van der Waals surface area contributed by atoms with Gasteiger partial charge in [0.15, 0.2) is 23.2 Å². The summed E-state index contributed by atoms with van der Waals surface area (Å²) in [5.74, 6) is 0.347. The summed E-state index contributed by atoms with van der Waals surface area (Å²) in [5, 5.41) is 32.6. The highest BCUT2D eigenvalue weighted by Crippen LogP contribution is 2.41. The largest absolute Gasteiger partial charge is 0.524 e. The topological polar surface area (TPSA) is 192 Å². The molecule has 0 aliphatic carbocycles. The van der Waals surface area contributed by atoms with Crippen molar-refractivity contribution in [2.24, 2.45) is 0 Å². The Kier molecular flexibility index (Phi) is 6.47. The molecule has 3 heterocycles. The summed E-state index contributed by atoms with van der Waals surface area (Å²) in [6, 6.07) is 4.78. The number of hydrogen-bond donors (Lipinski definition) is 6. The lowest BCUT2D eigenvalue weighted by atomic mass is 10.1. The van der Waals surface area contributed by atoms with Crippen LogP contribution >= 0.6 is 23.8 Å². The van der Waals surface area contributed by atoms with Crippen molar-refractivity contribution in [2.75, 3.05) is 11.9 Å². The van der Waals surface area contributed by atoms with Gasteiger partial charge in [-0.1, -0.05) is 6.07 Å². The van der Waals surface area contributed by atoms with Gasteiger partial charge in [0.1, 0.15) is 30.4 Å². The number of benzene rings is 1. The van der Waals surface area contributed by atoms with E-state index >= 15 is 0 Å². The summed E-state index contributed by atoms with van der Waals surface area (Å²) >= 11 is 3.18. The average Bonchev–Trinajstić information content (AvgIpc) is 3.29. The van der Waals surface area contributed by atoms with E-state index in [9.17, 15) is 19.9 Å². The molecule has 32 heavy (non-hydrogen) atoms. The monoisotopic (exact) mass is 531 g/mol. The number of nitrogens with one attached hydrogen (secondary N) is 1. The molecule has 4 rings (SSSR count). The first-order valence-electron chi connectivity index (χ1n) is 9.25. The fourth-order valence-electron chi connectivity index (χ4n) is 3.32. The number of aliphatic hydroxyl groups is 3. The molecule has 4 atom stereocenters. The van der Waals surface area contributed by atoms with E-state index in [1.54, 1.807) is 12.1 Å². The first-order valence-corrected chi connectivity index (χ1v) is 11.6. The van der Waals surface area contributed by atoms with Gasteiger partial charge in [0.25, 0.3) is 0 Å². The van der Waals surface area contributed by atoms with E-state index < -0.39 is 39.0 Å². The van der Waals surface area contributed by atoms with Gasteiger partial charge < -0.3 is 29.9 Å². The van der Waals surface area contributed by atoms with Crippen LogP contribution in [0.15, 0.2) is 35.3 Å². The second-order valence-corrected chi connectivity index (χ2v) is 8.99. The number of aromatic nitrogens is 4. The van der Waals surface area contributed by atoms with Crippen LogP contribution in [0.1, 0.15) is 11.8 Å². The molecule has 0 saturated carbocycles. The lowest BCUT2D eigenvalue weighted by Crippen LogP contribution is -2.33. The number of fused-ring (bicyclic) bond motifs is 1. The molecule has 1 aromatic carbocycles. The van der Waals surface area contributed by atoms with Gasteiger partial charge in [-0.3, -0.25) is 14.4 Å². The minimum Gasteiger partial charge on any atom is -0.403 e. The van der Waals surface area contributed by atoms with Gasteiger partial charge in [-0.2, -0.15) is 0 Å². The zero-order valence-electron chi connectivity index (χ0n) is 16.2. The normalized spacial score (nSPS) is 23.6. The van der Waals surface area contributed by atoms with Crippen LogP contribution in [0.5, 0.6) is 5.75 Å². The van der Waals surface area contributed by atoms with Crippen molar-refractivity contribution in [3.8, 4) is 5.75 Å². The second-order valence-electron chi connectivity index (χ2n) is 6.98. The average molecular weight is 532 g/mol. The Morgan fingerprint density at radius 3 is 2.69 bits per heavy atom. The standard InChI is InChI=1S/C17H19BrN5O8P/c18-9-2-1-8(3-10(9)31-32(27,28)29)4-19-15-12-16(21-6-20-15)23(7-22-12)17-14(26)13(25)11(5-24)30-17/h1-3,6-7,11,13-14,17,24-26H,4-5H2,(H,19,20,21)(H2,27,28,29)/t11-,13-,14-,17-/m1/s1. The number of halogens is 1. The van der Waals surface area contributed by atoms with Crippen LogP contribution in [0.25, 0.3) is 11.2 Å². The summed E-state index contributed by atoms with van der Waals surface area (Å²) in [4.78, 5) is 30.7. The third kappa shape index (κ3) is 4.63. The van der Waals surface area contributed by atoms with Crippen LogP contribution in [0.3, 0.4) is 0 Å². The zero-order chi connectivity index (χ0) is 23.0. The van der Waals surface area contributed by atoms with E-state index in [0.29, 0.717) is 27.0 Å². The molecule has 1 fully saturated rings. The van der Waals surface area contributed by atoms with E-state index in [1.807, 2.05) is 0 Å². The molecule has 1 saturated heterocycles. The molecule has 3 aromatic rings. The van der Waals surface area contributed by atoms with Crippen molar-refractivity contribution in [3.63, 3.8) is 0 Å². The summed E-state index contributed by atoms with van der Waals surface area (Å²) in [6.07, 6.45) is -1.80. The van der Waals surface area contributed by atoms with Crippen molar-refractivity contribution in [3.05, 3.63) is 40.9 Å². The van der Waals surface area contributed by atoms with E-state index in [0.717, 1.165) is 0 Å². The Labute approximate surface area is 189 Å². The molecule has 2 aromatic heterocycles. The van der Waals surface area contributed by atoms with E-state index in [-0.39, 0.29) is 12.3 Å². The molecule has 0 spiro atoms. The summed E-state index contributed by atoms with van der Waals surface area (Å²) < 4.78 is 23.2. The SMILES string of the molecule is O=P(O)(O)Oc1cc(CNc2ncnc3c2ncn3[C@@H]2O[C@H](CO)[C@@H](O)[C@H]2O)ccc1Br. The smallest absolute Gasteiger partial charge is 0.403 e. The van der Waals surface area contributed by atoms with Gasteiger partial charge in [0.2, 0.25) is 0 Å². The Morgan fingerprint density at radius 2 is 2.00 bits per heavy atom. The van der Waals surface area contributed by atoms with Gasteiger partial charge in [-0.25, -0.2) is 19.5 Å². The highest BCUT2D eigenvalue weighted by atomic mass is 79.9. The third-order valence-corrected chi connectivity index (χ3v) is 5.91. The Bertz CT molecular complexity index is 1170. The number of imidazole rings is 1. The van der Waals surface area contributed by atoms with Crippen molar-refractivity contribution < 1.29 is 38.9 Å². The van der Waals surface area contributed by atoms with Gasteiger partial charge in [-0.05, 0) is 33.6 Å². The fourth-order valence-corrected chi connectivity index (χ4v) is 4.18. The maximum absolute atomic E-state index is 11.1. The van der Waals surface area contributed by atoms with E-state index in [4.69, 9.17) is 14.5 Å². The van der Waals surface area contributed by atoms with Crippen molar-refractivity contribution in [1.82, 2.24) is 19.5 Å². The predicted molar refractivity (Wildman–Crippen MR) is 112 cm³/mol. The first kappa shape index (κ1) is 23.0. The van der Waals surface area contributed by atoms with Gasteiger partial charge in [-0.15, -0.1) is 0 Å². The highest BCUT2D eigenvalue weighted by molar-refractivity contribution is 9.10. The minimum atomic E-state index is -4.72. The van der Waals surface area contributed by atoms with Crippen molar-refractivity contribution in [1.29, 1.82) is 0 Å². The molecule has 0 bridgehead atoms. The van der Waals surface area contributed by atoms with Gasteiger partial charge in [0, 0.05) is 6.54 Å². The van der Waals surface area contributed by atoms with E-state index in [2.05, 4.69) is 40.7 Å². The number of rotatable bonds is 7. The quantitative estimate of drug-likeness (QED) is 0.228. The lowest BCUT2D eigenvalue weighted by molar-refractivity contribution is -0.0511. The maximum atomic E-state index is 11.1. The molecule has 1 aliphatic rings. The second kappa shape index (κ2) is 9.00. The lowest BCUT2D eigenvalue weighted by Gasteiger charge is -2.16. The molecule has 13 nitrogen and oxygen atoms in total. The van der Waals surface area contributed by atoms with Crippen LogP contribution < -0.4 is 9.84 Å². The first-order chi connectivity index (χ1) is 15.2. The third-order valence-electron chi connectivity index (χ3n) is 4.82. The Morgan fingerprint density at radius 1 is 1.22 bits per heavy atom. The number of hydrogen-bond acceptors (Lipinski definition) is 10. The number of ether oxygens (including phenoxy) is 1. The van der Waals surface area contributed by atoms with Gasteiger partial charge >= 0.3 is 7.82 Å². The molecule has 0 amide bonds. The Balaban J connectivity index is 1.56. The number of phosphoric acid groups is 1. The summed E-state index contributed by atoms with van der Waals surface area (Å²) in [6.45, 7) is -0.234. The van der Waals surface area contributed by atoms with Gasteiger partial charge in [0.05, 0.1) is 17.4 Å². The molecule has 15 heteroatoms. The number of aliphatic hydroxyl groups excluding tert-OH is 3. The molecular formula is C17H19BrN5O8P. The van der Waals surface area contributed by atoms with Crippen molar-refractivity contribution >= 4 is 40.7 Å². The Hall–Kier alpha value is -2.16. The molecule has 0 radical (unpaired) electrons. The van der Waals surface area contributed by atoms with Crippen LogP contribution in [-0.2, 0) is 15.8 Å². The number of nitrogens with zero attached hydrogens (tertiary/aromatic N) is 4. The number of anilines is 1.